The molecule has 0 aliphatic rings. The molecule has 0 unspecified atom stereocenters. The molecule has 84 valence electrons. The van der Waals surface area contributed by atoms with E-state index in [1.807, 2.05) is 60.7 Å². The molecule has 2 N–H and O–H groups in total. The highest BCUT2D eigenvalue weighted by molar-refractivity contribution is 5.33. The van der Waals surface area contributed by atoms with Crippen molar-refractivity contribution in [2.75, 3.05) is 0 Å². The number of hydrogen-bond donors (Lipinski definition) is 1. The summed E-state index contributed by atoms with van der Waals surface area (Å²) in [5, 5.41) is 0. The SMILES string of the molecule is C#C[C@H](c1ccccc1)[C@@H](N)c1ccccc1. The van der Waals surface area contributed by atoms with Crippen LogP contribution < -0.4 is 5.73 Å². The zero-order chi connectivity index (χ0) is 12.1. The van der Waals surface area contributed by atoms with Gasteiger partial charge in [0.1, 0.15) is 0 Å². The van der Waals surface area contributed by atoms with Crippen molar-refractivity contribution in [1.82, 2.24) is 0 Å². The first-order valence-electron chi connectivity index (χ1n) is 5.64. The smallest absolute Gasteiger partial charge is 0.0642 e. The molecule has 0 aromatic heterocycles. The Kier molecular flexibility index (Phi) is 3.59. The highest BCUT2D eigenvalue weighted by atomic mass is 14.6. The number of benzene rings is 2. The Labute approximate surface area is 102 Å². The summed E-state index contributed by atoms with van der Waals surface area (Å²) in [6.45, 7) is 0. The molecule has 0 spiro atoms. The summed E-state index contributed by atoms with van der Waals surface area (Å²) in [5.74, 6) is 2.71. The first-order chi connectivity index (χ1) is 8.33. The number of rotatable bonds is 3. The Morgan fingerprint density at radius 1 is 0.824 bits per heavy atom. The second-order valence-corrected chi connectivity index (χ2v) is 3.99. The lowest BCUT2D eigenvalue weighted by Gasteiger charge is -2.19. The lowest BCUT2D eigenvalue weighted by atomic mass is 9.88. The molecule has 0 aliphatic carbocycles. The van der Waals surface area contributed by atoms with Gasteiger partial charge in [-0.15, -0.1) is 6.42 Å². The van der Waals surface area contributed by atoms with Crippen molar-refractivity contribution in [3.63, 3.8) is 0 Å². The van der Waals surface area contributed by atoms with Crippen molar-refractivity contribution in [1.29, 1.82) is 0 Å². The average molecular weight is 221 g/mol. The van der Waals surface area contributed by atoms with Crippen molar-refractivity contribution in [2.24, 2.45) is 5.73 Å². The third-order valence-electron chi connectivity index (χ3n) is 2.88. The zero-order valence-electron chi connectivity index (χ0n) is 9.58. The largest absolute Gasteiger partial charge is 0.323 e. The lowest BCUT2D eigenvalue weighted by Crippen LogP contribution is -2.18. The van der Waals surface area contributed by atoms with Gasteiger partial charge in [0.05, 0.1) is 5.92 Å². The molecule has 2 aromatic rings. The molecule has 0 fully saturated rings. The third kappa shape index (κ3) is 2.55. The Balaban J connectivity index is 2.30. The molecule has 0 aliphatic heterocycles. The van der Waals surface area contributed by atoms with Crippen LogP contribution in [-0.2, 0) is 0 Å². The van der Waals surface area contributed by atoms with Gasteiger partial charge in [-0.25, -0.2) is 0 Å². The predicted molar refractivity (Wildman–Crippen MR) is 71.4 cm³/mol. The molecule has 2 aromatic carbocycles. The minimum Gasteiger partial charge on any atom is -0.323 e. The first-order valence-corrected chi connectivity index (χ1v) is 5.64. The molecule has 0 saturated heterocycles. The third-order valence-corrected chi connectivity index (χ3v) is 2.88. The van der Waals surface area contributed by atoms with Crippen LogP contribution in [-0.4, -0.2) is 0 Å². The maximum Gasteiger partial charge on any atom is 0.0642 e. The minimum absolute atomic E-state index is 0.0846. The van der Waals surface area contributed by atoms with Crippen molar-refractivity contribution in [3.05, 3.63) is 71.8 Å². The van der Waals surface area contributed by atoms with Crippen molar-refractivity contribution < 1.29 is 0 Å². The van der Waals surface area contributed by atoms with E-state index in [0.29, 0.717) is 0 Å². The molecule has 0 radical (unpaired) electrons. The molecule has 1 nitrogen and oxygen atoms in total. The van der Waals surface area contributed by atoms with Gasteiger partial charge >= 0.3 is 0 Å². The van der Waals surface area contributed by atoms with Gasteiger partial charge in [0.2, 0.25) is 0 Å². The molecular weight excluding hydrogens is 206 g/mol. The lowest BCUT2D eigenvalue weighted by molar-refractivity contribution is 0.662. The molecular formula is C16H15N. The van der Waals surface area contributed by atoms with Crippen molar-refractivity contribution in [2.45, 2.75) is 12.0 Å². The molecule has 0 heterocycles. The summed E-state index contributed by atoms with van der Waals surface area (Å²) in [7, 11) is 0. The van der Waals surface area contributed by atoms with Crippen LogP contribution in [0.5, 0.6) is 0 Å². The summed E-state index contributed by atoms with van der Waals surface area (Å²) >= 11 is 0. The predicted octanol–water partition coefficient (Wildman–Crippen LogP) is 3.10. The Morgan fingerprint density at radius 3 is 1.76 bits per heavy atom. The fourth-order valence-corrected chi connectivity index (χ4v) is 1.94. The Hall–Kier alpha value is -2.04. The van der Waals surface area contributed by atoms with Crippen molar-refractivity contribution in [3.8, 4) is 12.3 Å². The highest BCUT2D eigenvalue weighted by Crippen LogP contribution is 2.27. The summed E-state index contributed by atoms with van der Waals surface area (Å²) in [6.07, 6.45) is 5.61. The normalized spacial score (nSPS) is 13.6. The standard InChI is InChI=1S/C16H15N/c1-2-15(13-9-5-3-6-10-13)16(17)14-11-7-4-8-12-14/h1,3-12,15-16H,17H2/t15-,16+/m1/s1. The van der Waals surface area contributed by atoms with E-state index in [-0.39, 0.29) is 12.0 Å². The molecule has 2 rings (SSSR count). The van der Waals surface area contributed by atoms with E-state index in [1.54, 1.807) is 0 Å². The van der Waals surface area contributed by atoms with Crippen molar-refractivity contribution >= 4 is 0 Å². The summed E-state index contributed by atoms with van der Waals surface area (Å²) < 4.78 is 0. The average Bonchev–Trinajstić information content (AvgIpc) is 2.42. The highest BCUT2D eigenvalue weighted by Gasteiger charge is 2.18. The van der Waals surface area contributed by atoms with Gasteiger partial charge < -0.3 is 5.73 Å². The second kappa shape index (κ2) is 5.34. The van der Waals surface area contributed by atoms with Gasteiger partial charge in [0, 0.05) is 6.04 Å². The quantitative estimate of drug-likeness (QED) is 0.792. The second-order valence-electron chi connectivity index (χ2n) is 3.99. The maximum atomic E-state index is 6.24. The molecule has 0 amide bonds. The molecule has 2 atom stereocenters. The number of hydrogen-bond acceptors (Lipinski definition) is 1. The summed E-state index contributed by atoms with van der Waals surface area (Å²) in [4.78, 5) is 0. The van der Waals surface area contributed by atoms with Crippen LogP contribution in [0.25, 0.3) is 0 Å². The van der Waals surface area contributed by atoms with Gasteiger partial charge in [-0.3, -0.25) is 0 Å². The number of terminal acetylenes is 1. The van der Waals surface area contributed by atoms with E-state index in [0.717, 1.165) is 11.1 Å². The van der Waals surface area contributed by atoms with Crippen LogP contribution >= 0.6 is 0 Å². The Bertz CT molecular complexity index is 496. The monoisotopic (exact) mass is 221 g/mol. The fraction of sp³-hybridized carbons (Fsp3) is 0.125. The molecule has 0 bridgehead atoms. The number of nitrogens with two attached hydrogens (primary N) is 1. The molecule has 17 heavy (non-hydrogen) atoms. The topological polar surface area (TPSA) is 26.0 Å². The van der Waals surface area contributed by atoms with E-state index >= 15 is 0 Å². The van der Waals surface area contributed by atoms with Crippen LogP contribution in [0.15, 0.2) is 60.7 Å². The van der Waals surface area contributed by atoms with E-state index in [9.17, 15) is 0 Å². The van der Waals surface area contributed by atoms with Crippen LogP contribution in [0.1, 0.15) is 23.1 Å². The maximum absolute atomic E-state index is 6.24. The van der Waals surface area contributed by atoms with Gasteiger partial charge in [-0.05, 0) is 11.1 Å². The fourth-order valence-electron chi connectivity index (χ4n) is 1.94. The Morgan fingerprint density at radius 2 is 1.29 bits per heavy atom. The van der Waals surface area contributed by atoms with Gasteiger partial charge in [-0.1, -0.05) is 66.6 Å². The van der Waals surface area contributed by atoms with E-state index in [1.165, 1.54) is 0 Å². The van der Waals surface area contributed by atoms with E-state index < -0.39 is 0 Å². The van der Waals surface area contributed by atoms with E-state index in [2.05, 4.69) is 5.92 Å². The van der Waals surface area contributed by atoms with Gasteiger partial charge in [0.25, 0.3) is 0 Å². The van der Waals surface area contributed by atoms with Crippen LogP contribution in [0, 0.1) is 12.3 Å². The first kappa shape index (κ1) is 11.4. The van der Waals surface area contributed by atoms with Crippen LogP contribution in [0.3, 0.4) is 0 Å². The zero-order valence-corrected chi connectivity index (χ0v) is 9.58. The molecule has 0 saturated carbocycles. The van der Waals surface area contributed by atoms with Gasteiger partial charge in [0.15, 0.2) is 0 Å². The van der Waals surface area contributed by atoms with Gasteiger partial charge in [-0.2, -0.15) is 0 Å². The minimum atomic E-state index is -0.163. The van der Waals surface area contributed by atoms with Crippen LogP contribution in [0.2, 0.25) is 0 Å². The summed E-state index contributed by atoms with van der Waals surface area (Å²) in [5.41, 5.74) is 8.40. The summed E-state index contributed by atoms with van der Waals surface area (Å²) in [6, 6.07) is 19.8. The van der Waals surface area contributed by atoms with Crippen LogP contribution in [0.4, 0.5) is 0 Å². The van der Waals surface area contributed by atoms with E-state index in [4.69, 9.17) is 12.2 Å². The molecule has 1 heteroatoms.